The predicted molar refractivity (Wildman–Crippen MR) is 104 cm³/mol. The molecule has 2 aromatic rings. The number of carbonyl (C=O) groups is 1. The summed E-state index contributed by atoms with van der Waals surface area (Å²) >= 11 is 0.933. The van der Waals surface area contributed by atoms with Crippen molar-refractivity contribution < 1.29 is 22.7 Å². The number of halogens is 3. The smallest absolute Gasteiger partial charge is 0.372 e. The lowest BCUT2D eigenvalue weighted by molar-refractivity contribution is -0.142. The average Bonchev–Trinajstić information content (AvgIpc) is 2.66. The van der Waals surface area contributed by atoms with Crippen LogP contribution in [0.15, 0.2) is 41.6 Å². The van der Waals surface area contributed by atoms with Gasteiger partial charge in [-0.15, -0.1) is 0 Å². The molecule has 3 atom stereocenters. The average molecular weight is 425 g/mol. The maximum absolute atomic E-state index is 13.3. The Morgan fingerprint density at radius 2 is 1.79 bits per heavy atom. The first-order valence-corrected chi connectivity index (χ1v) is 10.1. The van der Waals surface area contributed by atoms with E-state index in [-0.39, 0.29) is 29.0 Å². The molecule has 0 unspecified atom stereocenters. The van der Waals surface area contributed by atoms with Gasteiger partial charge in [0.05, 0.1) is 23.2 Å². The first-order valence-electron chi connectivity index (χ1n) is 9.26. The van der Waals surface area contributed by atoms with Gasteiger partial charge in [-0.2, -0.15) is 13.2 Å². The van der Waals surface area contributed by atoms with Crippen molar-refractivity contribution in [1.29, 1.82) is 0 Å². The lowest BCUT2D eigenvalue weighted by atomic mass is 10.1. The molecule has 0 aliphatic carbocycles. The van der Waals surface area contributed by atoms with Gasteiger partial charge in [0.15, 0.2) is 5.16 Å². The van der Waals surface area contributed by atoms with E-state index in [2.05, 4.69) is 9.97 Å². The monoisotopic (exact) mass is 425 g/mol. The second-order valence-corrected chi connectivity index (χ2v) is 8.35. The van der Waals surface area contributed by atoms with Crippen LogP contribution >= 0.6 is 11.8 Å². The Labute approximate surface area is 171 Å². The molecule has 29 heavy (non-hydrogen) atoms. The standard InChI is InChI=1S/C20H22F3N3O2S/c1-12-10-26(11-13(2)28-12)18(27)14(3)29-19-24-16(15-7-5-4-6-8-15)9-17(25-19)20(21,22)23/h4-9,12-14H,10-11H2,1-3H3/t12-,13+,14-/m0/s1. The normalized spacial score (nSPS) is 21.1. The maximum Gasteiger partial charge on any atom is 0.433 e. The molecule has 9 heteroatoms. The number of hydrogen-bond acceptors (Lipinski definition) is 5. The second kappa shape index (κ2) is 8.71. The minimum atomic E-state index is -4.61. The highest BCUT2D eigenvalue weighted by atomic mass is 32.2. The summed E-state index contributed by atoms with van der Waals surface area (Å²) in [4.78, 5) is 22.4. The number of benzene rings is 1. The fourth-order valence-electron chi connectivity index (χ4n) is 3.20. The van der Waals surface area contributed by atoms with Gasteiger partial charge in [-0.25, -0.2) is 9.97 Å². The van der Waals surface area contributed by atoms with Gasteiger partial charge < -0.3 is 9.64 Å². The minimum Gasteiger partial charge on any atom is -0.372 e. The Kier molecular flexibility index (Phi) is 6.48. The number of thioether (sulfide) groups is 1. The molecular formula is C20H22F3N3O2S. The summed E-state index contributed by atoms with van der Waals surface area (Å²) in [5.41, 5.74) is -0.303. The Hall–Kier alpha value is -2.13. The van der Waals surface area contributed by atoms with E-state index >= 15 is 0 Å². The first kappa shape index (κ1) is 21.6. The maximum atomic E-state index is 13.3. The molecule has 3 rings (SSSR count). The van der Waals surface area contributed by atoms with Crippen LogP contribution in [0.25, 0.3) is 11.3 Å². The molecule has 1 fully saturated rings. The van der Waals surface area contributed by atoms with E-state index in [0.717, 1.165) is 17.8 Å². The number of ether oxygens (including phenoxy) is 1. The molecule has 1 amide bonds. The van der Waals surface area contributed by atoms with Gasteiger partial charge in [0.2, 0.25) is 5.91 Å². The fraction of sp³-hybridized carbons (Fsp3) is 0.450. The quantitative estimate of drug-likeness (QED) is 0.541. The summed E-state index contributed by atoms with van der Waals surface area (Å²) in [6.07, 6.45) is -4.78. The van der Waals surface area contributed by atoms with Crippen LogP contribution in [0.5, 0.6) is 0 Å². The van der Waals surface area contributed by atoms with Crippen LogP contribution in [0.4, 0.5) is 13.2 Å². The zero-order valence-corrected chi connectivity index (χ0v) is 17.1. The van der Waals surface area contributed by atoms with Crippen molar-refractivity contribution in [1.82, 2.24) is 14.9 Å². The summed E-state index contributed by atoms with van der Waals surface area (Å²) in [7, 11) is 0. The van der Waals surface area contributed by atoms with Gasteiger partial charge in [0.1, 0.15) is 5.69 Å². The predicted octanol–water partition coefficient (Wildman–Crippen LogP) is 4.28. The number of amides is 1. The molecule has 1 aliphatic heterocycles. The van der Waals surface area contributed by atoms with Gasteiger partial charge in [-0.1, -0.05) is 42.1 Å². The number of nitrogens with zero attached hydrogens (tertiary/aromatic N) is 3. The number of rotatable bonds is 4. The third kappa shape index (κ3) is 5.48. The van der Waals surface area contributed by atoms with Crippen LogP contribution in [0.1, 0.15) is 26.5 Å². The van der Waals surface area contributed by atoms with E-state index in [1.54, 1.807) is 42.2 Å². The van der Waals surface area contributed by atoms with E-state index in [0.29, 0.717) is 18.7 Å². The Balaban J connectivity index is 1.85. The van der Waals surface area contributed by atoms with Crippen LogP contribution in [0, 0.1) is 0 Å². The second-order valence-electron chi connectivity index (χ2n) is 7.05. The van der Waals surface area contributed by atoms with Crippen molar-refractivity contribution in [3.8, 4) is 11.3 Å². The zero-order valence-electron chi connectivity index (χ0n) is 16.3. The summed E-state index contributed by atoms with van der Waals surface area (Å²) < 4.78 is 45.7. The van der Waals surface area contributed by atoms with Crippen LogP contribution < -0.4 is 0 Å². The summed E-state index contributed by atoms with van der Waals surface area (Å²) in [5.74, 6) is -0.167. The summed E-state index contributed by atoms with van der Waals surface area (Å²) in [6, 6.07) is 9.52. The highest BCUT2D eigenvalue weighted by molar-refractivity contribution is 8.00. The lowest BCUT2D eigenvalue weighted by Gasteiger charge is -2.36. The van der Waals surface area contributed by atoms with Crippen molar-refractivity contribution >= 4 is 17.7 Å². The molecule has 1 aliphatic rings. The van der Waals surface area contributed by atoms with Crippen LogP contribution in [0.2, 0.25) is 0 Å². The highest BCUT2D eigenvalue weighted by Gasteiger charge is 2.35. The van der Waals surface area contributed by atoms with E-state index in [9.17, 15) is 18.0 Å². The lowest BCUT2D eigenvalue weighted by Crippen LogP contribution is -2.50. The van der Waals surface area contributed by atoms with Crippen molar-refractivity contribution in [2.45, 2.75) is 49.6 Å². The number of hydrogen-bond donors (Lipinski definition) is 0. The zero-order chi connectivity index (χ0) is 21.2. The van der Waals surface area contributed by atoms with Crippen LogP contribution in [-0.4, -0.2) is 51.3 Å². The Bertz CT molecular complexity index is 854. The fourth-order valence-corrected chi connectivity index (χ4v) is 4.07. The molecule has 0 radical (unpaired) electrons. The van der Waals surface area contributed by atoms with Gasteiger partial charge in [0, 0.05) is 18.7 Å². The number of aromatic nitrogens is 2. The van der Waals surface area contributed by atoms with E-state index in [1.165, 1.54) is 0 Å². The molecule has 156 valence electrons. The minimum absolute atomic E-state index is 0.0751. The molecule has 1 aromatic carbocycles. The van der Waals surface area contributed by atoms with Crippen molar-refractivity contribution in [3.05, 3.63) is 42.1 Å². The van der Waals surface area contributed by atoms with Gasteiger partial charge >= 0.3 is 6.18 Å². The van der Waals surface area contributed by atoms with Crippen LogP contribution in [0.3, 0.4) is 0 Å². The molecular weight excluding hydrogens is 403 g/mol. The Morgan fingerprint density at radius 3 is 2.38 bits per heavy atom. The number of morpholine rings is 1. The molecule has 5 nitrogen and oxygen atoms in total. The van der Waals surface area contributed by atoms with Crippen LogP contribution in [-0.2, 0) is 15.7 Å². The third-order valence-corrected chi connectivity index (χ3v) is 5.38. The summed E-state index contributed by atoms with van der Waals surface area (Å²) in [6.45, 7) is 6.33. The molecule has 0 N–H and O–H groups in total. The topological polar surface area (TPSA) is 55.3 Å². The van der Waals surface area contributed by atoms with Gasteiger partial charge in [-0.3, -0.25) is 4.79 Å². The van der Waals surface area contributed by atoms with Crippen molar-refractivity contribution in [2.75, 3.05) is 13.1 Å². The summed E-state index contributed by atoms with van der Waals surface area (Å²) in [5, 5.41) is -0.700. The van der Waals surface area contributed by atoms with Crippen molar-refractivity contribution in [3.63, 3.8) is 0 Å². The molecule has 0 bridgehead atoms. The van der Waals surface area contributed by atoms with Crippen molar-refractivity contribution in [2.24, 2.45) is 0 Å². The first-order chi connectivity index (χ1) is 13.6. The number of carbonyl (C=O) groups excluding carboxylic acids is 1. The number of alkyl halides is 3. The molecule has 0 saturated carbocycles. The van der Waals surface area contributed by atoms with Gasteiger partial charge in [-0.05, 0) is 26.8 Å². The molecule has 1 saturated heterocycles. The largest absolute Gasteiger partial charge is 0.433 e. The SMILES string of the molecule is C[C@@H]1CN(C(=O)[C@H](C)Sc2nc(-c3ccccc3)cc(C(F)(F)F)n2)C[C@H](C)O1. The Morgan fingerprint density at radius 1 is 1.17 bits per heavy atom. The van der Waals surface area contributed by atoms with E-state index in [4.69, 9.17) is 4.74 Å². The van der Waals surface area contributed by atoms with Gasteiger partial charge in [0.25, 0.3) is 0 Å². The molecule has 1 aromatic heterocycles. The molecule has 2 heterocycles. The van der Waals surface area contributed by atoms with E-state index in [1.807, 2.05) is 13.8 Å². The molecule has 0 spiro atoms. The highest BCUT2D eigenvalue weighted by Crippen LogP contribution is 2.33. The third-order valence-electron chi connectivity index (χ3n) is 4.43. The van der Waals surface area contributed by atoms with E-state index < -0.39 is 17.1 Å².